The standard InChI is InChI=1S/C68H48O44/c69-21-1-12(59(93)109-56-52(92)54-29(105-67(56)101)10-102-60(94)15-5-23(71)40(80)46(86)32(15)33-16(63(97)107-54)6-24(72)41(81)47(33)87)2-28(38(21)78)104-53-20(9-27(75)44(84)51(53)91)66(100)112-68-58-57(110-64(98)17-7-25(73)42(82)48(88)34(17)35-18(65(99)111-58)8-26(74)43(83)49(35)89)55-30(106-68)11-103-61(95)19-3-13(36(76)50(90)37(19)77)31-14(62(96)108-55)4-22(70)39(79)45(31)85/h1-9,29-30,52,54-58,67-92,101H,10-11H2/t29-,30-,52+,54-,55-,56-,57+,58-,67+,68-/m1/s1. The SMILES string of the molecule is O=C(O[C@@H]1[C@@H](O)[C@@H]2OC(=O)c3cc(O)c(O)c(O)c3-c3c(cc(O)c(O)c3O)C(=O)OC[C@H]2O[C@@H]1O)c1cc(O)c(O)c(Oc2c(C(=O)O[C@H]3O[C@@H]4COC(=O)c5cc(c(O)c(O)c5O)-c5c(cc(O)c(O)c5O)C(=O)O[C@H]4[C@@H]4OC(=O)c5cc(O)c(O)c(O)c5-c5c(cc(O)c(O)c5O)C(=O)O[C@@H]34)cc(O)c(O)c2O)c1. The minimum absolute atomic E-state index is 0.178. The summed E-state index contributed by atoms with van der Waals surface area (Å²) in [5.74, 6) is -52.1. The Bertz CT molecular complexity index is 5510. The van der Waals surface area contributed by atoms with Gasteiger partial charge >= 0.3 is 47.8 Å². The van der Waals surface area contributed by atoms with Crippen LogP contribution >= 0.6 is 0 Å². The number of hydrogen-bond acceptors (Lipinski definition) is 44. The van der Waals surface area contributed by atoms with Crippen molar-refractivity contribution in [2.45, 2.75) is 61.4 Å². The number of hydrogen-bond donors (Lipinski definition) is 25. The third-order valence-electron chi connectivity index (χ3n) is 18.0. The van der Waals surface area contributed by atoms with Crippen molar-refractivity contribution in [1.29, 1.82) is 0 Å². The van der Waals surface area contributed by atoms with E-state index in [-0.39, 0.29) is 18.2 Å². The Morgan fingerprint density at radius 1 is 0.321 bits per heavy atom. The van der Waals surface area contributed by atoms with E-state index in [1.807, 2.05) is 0 Å². The number of aliphatic hydroxyl groups excluding tert-OH is 2. The van der Waals surface area contributed by atoms with Crippen LogP contribution in [0.1, 0.15) is 82.9 Å². The van der Waals surface area contributed by atoms with Crippen LogP contribution in [0.3, 0.4) is 0 Å². The fraction of sp³-hybridized carbons (Fsp3) is 0.176. The molecular formula is C68H48O44. The molecule has 2 bridgehead atoms. The van der Waals surface area contributed by atoms with E-state index < -0.39 is 344 Å². The zero-order valence-electron chi connectivity index (χ0n) is 54.8. The molecule has 0 aromatic heterocycles. The number of phenols is 23. The van der Waals surface area contributed by atoms with Gasteiger partial charge in [-0.05, 0) is 48.5 Å². The number of phenolic OH excluding ortho intramolecular Hbond substituents is 23. The van der Waals surface area contributed by atoms with Crippen LogP contribution in [0.2, 0.25) is 0 Å². The van der Waals surface area contributed by atoms with Crippen LogP contribution in [-0.2, 0) is 47.4 Å². The van der Waals surface area contributed by atoms with Crippen LogP contribution in [0.5, 0.6) is 144 Å². The Labute approximate surface area is 614 Å². The third-order valence-corrected chi connectivity index (χ3v) is 18.0. The Balaban J connectivity index is 0.872. The van der Waals surface area contributed by atoms with Gasteiger partial charge in [0.1, 0.15) is 42.7 Å². The van der Waals surface area contributed by atoms with Gasteiger partial charge in [-0.25, -0.2) is 38.4 Å². The van der Waals surface area contributed by atoms with Crippen molar-refractivity contribution in [2.24, 2.45) is 0 Å². The van der Waals surface area contributed by atoms with E-state index in [1.165, 1.54) is 0 Å². The zero-order valence-corrected chi connectivity index (χ0v) is 54.8. The van der Waals surface area contributed by atoms with Crippen LogP contribution in [0.4, 0.5) is 0 Å². The van der Waals surface area contributed by atoms with Gasteiger partial charge < -0.3 is 180 Å². The Morgan fingerprint density at radius 2 is 0.696 bits per heavy atom. The second-order valence-corrected chi connectivity index (χ2v) is 24.6. The van der Waals surface area contributed by atoms with Crippen LogP contribution in [0, 0.1) is 0 Å². The van der Waals surface area contributed by atoms with Gasteiger partial charge in [-0.2, -0.15) is 0 Å². The van der Waals surface area contributed by atoms with E-state index >= 15 is 4.79 Å². The summed E-state index contributed by atoms with van der Waals surface area (Å²) >= 11 is 0. The summed E-state index contributed by atoms with van der Waals surface area (Å²) in [4.78, 5) is 116. The molecule has 5 heterocycles. The molecule has 0 unspecified atom stereocenters. The van der Waals surface area contributed by atoms with E-state index in [2.05, 4.69) is 0 Å². The summed E-state index contributed by atoms with van der Waals surface area (Å²) in [7, 11) is 0. The lowest BCUT2D eigenvalue weighted by molar-refractivity contribution is -0.284. The van der Waals surface area contributed by atoms with E-state index in [0.29, 0.717) is 36.4 Å². The van der Waals surface area contributed by atoms with E-state index in [9.17, 15) is 161 Å². The number of carbonyl (C=O) groups is 8. The normalized spacial score (nSPS) is 21.3. The van der Waals surface area contributed by atoms with Crippen molar-refractivity contribution in [3.63, 3.8) is 0 Å². The topological polar surface area (TPSA) is 744 Å². The van der Waals surface area contributed by atoms with Gasteiger partial charge in [-0.3, -0.25) is 0 Å². The summed E-state index contributed by atoms with van der Waals surface area (Å²) in [6.45, 7) is -2.70. The lowest BCUT2D eigenvalue weighted by atomic mass is 9.91. The molecule has 44 heteroatoms. The number of ether oxygens (including phenoxy) is 11. The predicted octanol–water partition coefficient (Wildman–Crippen LogP) is 1.75. The van der Waals surface area contributed by atoms with Crippen LogP contribution in [0.15, 0.2) is 54.6 Å². The van der Waals surface area contributed by atoms with Crippen molar-refractivity contribution in [3.05, 3.63) is 99.1 Å². The third kappa shape index (κ3) is 12.0. The van der Waals surface area contributed by atoms with Gasteiger partial charge in [0.15, 0.2) is 123 Å². The molecule has 0 aliphatic carbocycles. The van der Waals surface area contributed by atoms with Crippen LogP contribution < -0.4 is 4.74 Å². The highest BCUT2D eigenvalue weighted by molar-refractivity contribution is 6.11. The molecule has 0 amide bonds. The Hall–Kier alpha value is -15.4. The minimum atomic E-state index is -2.99. The molecule has 0 radical (unpaired) electrons. The first-order valence-electron chi connectivity index (χ1n) is 31.2. The summed E-state index contributed by atoms with van der Waals surface area (Å²) in [5, 5.41) is 274. The molecule has 112 heavy (non-hydrogen) atoms. The van der Waals surface area contributed by atoms with Crippen molar-refractivity contribution in [3.8, 4) is 177 Å². The fourth-order valence-corrected chi connectivity index (χ4v) is 12.5. The molecular weight excluding hydrogens is 1520 g/mol. The minimum Gasteiger partial charge on any atom is -0.504 e. The second-order valence-electron chi connectivity index (χ2n) is 24.6. The van der Waals surface area contributed by atoms with Gasteiger partial charge in [0.25, 0.3) is 0 Å². The van der Waals surface area contributed by atoms with Gasteiger partial charge in [-0.15, -0.1) is 0 Å². The molecule has 2 saturated heterocycles. The van der Waals surface area contributed by atoms with Crippen molar-refractivity contribution in [2.75, 3.05) is 13.2 Å². The number of aliphatic hydroxyl groups is 2. The zero-order chi connectivity index (χ0) is 81.5. The van der Waals surface area contributed by atoms with Gasteiger partial charge in [0.05, 0.1) is 33.4 Å². The molecule has 44 nitrogen and oxygen atoms in total. The number of benzene rings is 8. The molecule has 10 atom stereocenters. The summed E-state index contributed by atoms with van der Waals surface area (Å²) in [6.07, 6.45) is -26.0. The van der Waals surface area contributed by atoms with Crippen molar-refractivity contribution < 1.29 is 218 Å². The summed E-state index contributed by atoms with van der Waals surface area (Å²) < 4.78 is 61.2. The monoisotopic (exact) mass is 1570 g/mol. The molecule has 0 spiro atoms. The number of aromatic hydroxyl groups is 23. The maximum absolute atomic E-state index is 15.1. The summed E-state index contributed by atoms with van der Waals surface area (Å²) in [6, 6.07) is 3.12. The fourth-order valence-electron chi connectivity index (χ4n) is 12.5. The average Bonchev–Trinajstić information content (AvgIpc) is 0.971. The number of carbonyl (C=O) groups excluding carboxylic acids is 8. The average molecular weight is 1570 g/mol. The first-order chi connectivity index (χ1) is 52.7. The number of rotatable bonds is 6. The molecule has 13 rings (SSSR count). The van der Waals surface area contributed by atoms with Crippen LogP contribution in [-0.4, -0.2) is 250 Å². The second kappa shape index (κ2) is 27.1. The summed E-state index contributed by atoms with van der Waals surface area (Å²) in [5.41, 5.74) is -16.4. The molecule has 8 aromatic carbocycles. The molecule has 8 aromatic rings. The number of fused-ring (bicyclic) bond motifs is 14. The quantitative estimate of drug-likeness (QED) is 0.0640. The van der Waals surface area contributed by atoms with Gasteiger partial charge in [0, 0.05) is 39.4 Å². The van der Waals surface area contributed by atoms with E-state index in [0.717, 1.165) is 0 Å². The lowest BCUT2D eigenvalue weighted by Gasteiger charge is -2.44. The molecule has 0 saturated carbocycles. The first-order valence-corrected chi connectivity index (χ1v) is 31.2. The molecule has 5 aliphatic rings. The first kappa shape index (κ1) is 74.8. The molecule has 584 valence electrons. The van der Waals surface area contributed by atoms with Crippen molar-refractivity contribution >= 4 is 47.8 Å². The number of esters is 8. The predicted molar refractivity (Wildman–Crippen MR) is 344 cm³/mol. The highest BCUT2D eigenvalue weighted by atomic mass is 16.8. The Morgan fingerprint density at radius 3 is 1.18 bits per heavy atom. The molecule has 5 aliphatic heterocycles. The van der Waals surface area contributed by atoms with Gasteiger partial charge in [0.2, 0.25) is 64.1 Å². The maximum Gasteiger partial charge on any atom is 0.344 e. The highest BCUT2D eigenvalue weighted by Crippen LogP contribution is 2.58. The van der Waals surface area contributed by atoms with E-state index in [1.54, 1.807) is 0 Å². The van der Waals surface area contributed by atoms with E-state index in [4.69, 9.17) is 52.1 Å². The maximum atomic E-state index is 15.1. The van der Waals surface area contributed by atoms with Crippen molar-refractivity contribution in [1.82, 2.24) is 0 Å². The molecule has 25 N–H and O–H groups in total. The number of cyclic esters (lactones) is 2. The Kier molecular flexibility index (Phi) is 18.1. The highest BCUT2D eigenvalue weighted by Gasteiger charge is 2.57. The van der Waals surface area contributed by atoms with Gasteiger partial charge in [-0.1, -0.05) is 0 Å². The lowest BCUT2D eigenvalue weighted by Crippen LogP contribution is -2.63. The largest absolute Gasteiger partial charge is 0.504 e. The smallest absolute Gasteiger partial charge is 0.344 e. The molecule has 2 fully saturated rings. The van der Waals surface area contributed by atoms with Crippen LogP contribution in [0.25, 0.3) is 33.4 Å².